The zero-order valence-corrected chi connectivity index (χ0v) is 16.7. The van der Waals surface area contributed by atoms with Crippen LogP contribution in [0, 0.1) is 0 Å². The molecule has 5 rings (SSSR count). The van der Waals surface area contributed by atoms with E-state index in [1.165, 1.54) is 12.0 Å². The Morgan fingerprint density at radius 2 is 1.77 bits per heavy atom. The fourth-order valence-corrected chi connectivity index (χ4v) is 4.29. The average Bonchev–Trinajstić information content (AvgIpc) is 3.09. The van der Waals surface area contributed by atoms with E-state index in [1.807, 2.05) is 24.3 Å². The number of nitrogens with two attached hydrogens (primary N) is 1. The predicted octanol–water partition coefficient (Wildman–Crippen LogP) is 3.27. The van der Waals surface area contributed by atoms with Gasteiger partial charge in [-0.25, -0.2) is 19.9 Å². The number of hydrogen-bond donors (Lipinski definition) is 2. The molecule has 3 aromatic heterocycles. The van der Waals surface area contributed by atoms with Crippen LogP contribution < -0.4 is 15.8 Å². The topological polar surface area (TPSA) is 104 Å². The van der Waals surface area contributed by atoms with Gasteiger partial charge in [0.1, 0.15) is 23.5 Å². The lowest BCUT2D eigenvalue weighted by atomic mass is 9.89. The lowest BCUT2D eigenvalue weighted by molar-refractivity contribution is 0.442. The van der Waals surface area contributed by atoms with Crippen molar-refractivity contribution in [3.63, 3.8) is 0 Å². The number of aryl methyl sites for hydroxylation is 1. The summed E-state index contributed by atoms with van der Waals surface area (Å²) in [5.41, 5.74) is 10.6. The molecule has 8 heteroatoms. The summed E-state index contributed by atoms with van der Waals surface area (Å²) in [6, 6.07) is 10.0. The molecular weight excluding hydrogens is 378 g/mol. The molecule has 0 radical (unpaired) electrons. The Kier molecular flexibility index (Phi) is 4.76. The summed E-state index contributed by atoms with van der Waals surface area (Å²) in [6.45, 7) is 2.02. The van der Waals surface area contributed by atoms with E-state index in [0.29, 0.717) is 23.5 Å². The first-order valence-electron chi connectivity index (χ1n) is 10.1. The Hall–Kier alpha value is -3.52. The SMILES string of the molecule is Cn1c(C2CCNCC2)c(-c2ccc(Oc3ncccn3)cc2)c2c(N)ncnc21. The molecule has 8 nitrogen and oxygen atoms in total. The maximum Gasteiger partial charge on any atom is 0.321 e. The number of aromatic nitrogens is 5. The van der Waals surface area contributed by atoms with Gasteiger partial charge in [-0.2, -0.15) is 0 Å². The molecule has 152 valence electrons. The molecule has 0 aliphatic carbocycles. The lowest BCUT2D eigenvalue weighted by Gasteiger charge is -2.25. The van der Waals surface area contributed by atoms with Gasteiger partial charge in [0.05, 0.1) is 5.39 Å². The molecule has 3 N–H and O–H groups in total. The monoisotopic (exact) mass is 401 g/mol. The fourth-order valence-electron chi connectivity index (χ4n) is 4.29. The van der Waals surface area contributed by atoms with E-state index < -0.39 is 0 Å². The van der Waals surface area contributed by atoms with Crippen molar-refractivity contribution in [1.29, 1.82) is 0 Å². The zero-order chi connectivity index (χ0) is 20.5. The number of hydrogen-bond acceptors (Lipinski definition) is 7. The second-order valence-corrected chi connectivity index (χ2v) is 7.46. The van der Waals surface area contributed by atoms with Gasteiger partial charge in [0.15, 0.2) is 0 Å². The van der Waals surface area contributed by atoms with Gasteiger partial charge in [0.2, 0.25) is 0 Å². The Bertz CT molecular complexity index is 1170. The normalized spacial score (nSPS) is 14.8. The van der Waals surface area contributed by atoms with Crippen molar-refractivity contribution in [2.45, 2.75) is 18.8 Å². The van der Waals surface area contributed by atoms with Crippen LogP contribution in [-0.4, -0.2) is 37.6 Å². The summed E-state index contributed by atoms with van der Waals surface area (Å²) in [5, 5.41) is 4.36. The predicted molar refractivity (Wildman–Crippen MR) is 115 cm³/mol. The van der Waals surface area contributed by atoms with Crippen molar-refractivity contribution in [2.75, 3.05) is 18.8 Å². The Labute approximate surface area is 174 Å². The summed E-state index contributed by atoms with van der Waals surface area (Å²) in [4.78, 5) is 17.0. The van der Waals surface area contributed by atoms with Crippen molar-refractivity contribution < 1.29 is 4.74 Å². The lowest BCUT2D eigenvalue weighted by Crippen LogP contribution is -2.27. The summed E-state index contributed by atoms with van der Waals surface area (Å²) in [5.74, 6) is 1.62. The van der Waals surface area contributed by atoms with Crippen molar-refractivity contribution in [3.05, 3.63) is 54.7 Å². The summed E-state index contributed by atoms with van der Waals surface area (Å²) in [6.07, 6.45) is 7.00. The molecule has 0 spiro atoms. The molecule has 0 saturated carbocycles. The summed E-state index contributed by atoms with van der Waals surface area (Å²) >= 11 is 0. The van der Waals surface area contributed by atoms with E-state index >= 15 is 0 Å². The van der Waals surface area contributed by atoms with Crippen molar-refractivity contribution in [3.8, 4) is 22.9 Å². The molecule has 0 amide bonds. The quantitative estimate of drug-likeness (QED) is 0.541. The standard InChI is InChI=1S/C22H23N7O/c1-29-19(15-7-11-24-12-8-15)17(18-20(23)27-13-28-21(18)29)14-3-5-16(6-4-14)30-22-25-9-2-10-26-22/h2-6,9-10,13,15,24H,7-8,11-12H2,1H3,(H2,23,27,28). The van der Waals surface area contributed by atoms with E-state index in [2.05, 4.69) is 36.9 Å². The zero-order valence-electron chi connectivity index (χ0n) is 16.7. The minimum Gasteiger partial charge on any atom is -0.424 e. The van der Waals surface area contributed by atoms with Crippen LogP contribution in [0.1, 0.15) is 24.5 Å². The van der Waals surface area contributed by atoms with Gasteiger partial charge in [-0.05, 0) is 49.7 Å². The van der Waals surface area contributed by atoms with Crippen molar-refractivity contribution >= 4 is 16.9 Å². The average molecular weight is 401 g/mol. The number of fused-ring (bicyclic) bond motifs is 1. The summed E-state index contributed by atoms with van der Waals surface area (Å²) in [7, 11) is 2.07. The molecule has 0 atom stereocenters. The number of piperidine rings is 1. The van der Waals surface area contributed by atoms with Gasteiger partial charge in [0, 0.05) is 36.6 Å². The molecule has 0 unspecified atom stereocenters. The molecule has 1 saturated heterocycles. The number of ether oxygens (including phenoxy) is 1. The Morgan fingerprint density at radius 1 is 1.03 bits per heavy atom. The highest BCUT2D eigenvalue weighted by Crippen LogP contribution is 2.42. The number of anilines is 1. The fraction of sp³-hybridized carbons (Fsp3) is 0.273. The van der Waals surface area contributed by atoms with E-state index in [0.717, 1.165) is 48.1 Å². The molecule has 0 bridgehead atoms. The van der Waals surface area contributed by atoms with Gasteiger partial charge in [-0.15, -0.1) is 0 Å². The number of benzene rings is 1. The smallest absolute Gasteiger partial charge is 0.321 e. The van der Waals surface area contributed by atoms with Crippen molar-refractivity contribution in [1.82, 2.24) is 29.8 Å². The minimum atomic E-state index is 0.323. The minimum absolute atomic E-state index is 0.323. The number of nitrogen functional groups attached to an aromatic ring is 1. The van der Waals surface area contributed by atoms with Crippen LogP contribution >= 0.6 is 0 Å². The molecule has 1 aliphatic heterocycles. The first-order valence-corrected chi connectivity index (χ1v) is 10.1. The summed E-state index contributed by atoms with van der Waals surface area (Å²) < 4.78 is 7.93. The van der Waals surface area contributed by atoms with E-state index in [-0.39, 0.29) is 0 Å². The number of nitrogens with one attached hydrogen (secondary N) is 1. The molecule has 1 fully saturated rings. The van der Waals surface area contributed by atoms with Crippen LogP contribution in [0.5, 0.6) is 11.8 Å². The van der Waals surface area contributed by atoms with Crippen LogP contribution in [0.4, 0.5) is 5.82 Å². The molecular formula is C22H23N7O. The largest absolute Gasteiger partial charge is 0.424 e. The third-order valence-corrected chi connectivity index (χ3v) is 5.66. The molecule has 30 heavy (non-hydrogen) atoms. The highest BCUT2D eigenvalue weighted by atomic mass is 16.5. The number of nitrogens with zero attached hydrogens (tertiary/aromatic N) is 5. The van der Waals surface area contributed by atoms with Gasteiger partial charge >= 0.3 is 6.01 Å². The van der Waals surface area contributed by atoms with Gasteiger partial charge in [0.25, 0.3) is 0 Å². The van der Waals surface area contributed by atoms with Crippen molar-refractivity contribution in [2.24, 2.45) is 7.05 Å². The first kappa shape index (κ1) is 18.5. The van der Waals surface area contributed by atoms with Crippen LogP contribution in [-0.2, 0) is 7.05 Å². The van der Waals surface area contributed by atoms with Gasteiger partial charge < -0.3 is 20.4 Å². The van der Waals surface area contributed by atoms with Crippen LogP contribution in [0.3, 0.4) is 0 Å². The molecule has 4 heterocycles. The van der Waals surface area contributed by atoms with E-state index in [1.54, 1.807) is 18.5 Å². The number of rotatable bonds is 4. The second kappa shape index (κ2) is 7.72. The molecule has 1 aliphatic rings. The Morgan fingerprint density at radius 3 is 2.50 bits per heavy atom. The maximum absolute atomic E-state index is 6.32. The second-order valence-electron chi connectivity index (χ2n) is 7.46. The third-order valence-electron chi connectivity index (χ3n) is 5.66. The van der Waals surface area contributed by atoms with Gasteiger partial charge in [-0.1, -0.05) is 12.1 Å². The third kappa shape index (κ3) is 3.25. The molecule has 4 aromatic rings. The molecule has 1 aromatic carbocycles. The van der Waals surface area contributed by atoms with Crippen LogP contribution in [0.15, 0.2) is 49.1 Å². The highest BCUT2D eigenvalue weighted by Gasteiger charge is 2.27. The maximum atomic E-state index is 6.32. The van der Waals surface area contributed by atoms with Crippen LogP contribution in [0.25, 0.3) is 22.2 Å². The first-order chi connectivity index (χ1) is 14.7. The van der Waals surface area contributed by atoms with E-state index in [4.69, 9.17) is 10.5 Å². The van der Waals surface area contributed by atoms with Gasteiger partial charge in [-0.3, -0.25) is 0 Å². The van der Waals surface area contributed by atoms with Crippen LogP contribution in [0.2, 0.25) is 0 Å². The Balaban J connectivity index is 1.60. The van der Waals surface area contributed by atoms with E-state index in [9.17, 15) is 0 Å². The highest BCUT2D eigenvalue weighted by molar-refractivity contribution is 6.02.